The Balaban J connectivity index is 2.20. The Kier molecular flexibility index (Phi) is 4.70. The summed E-state index contributed by atoms with van der Waals surface area (Å²) in [5.41, 5.74) is 3.68. The van der Waals surface area contributed by atoms with Gasteiger partial charge in [-0.2, -0.15) is 0 Å². The van der Waals surface area contributed by atoms with Gasteiger partial charge in [-0.1, -0.05) is 6.07 Å². The molecule has 0 aromatic carbocycles. The summed E-state index contributed by atoms with van der Waals surface area (Å²) in [7, 11) is 1.53. The molecule has 1 unspecified atom stereocenters. The molecule has 0 radical (unpaired) electrons. The van der Waals surface area contributed by atoms with Gasteiger partial charge < -0.3 is 4.74 Å². The van der Waals surface area contributed by atoms with E-state index in [2.05, 4.69) is 31.4 Å². The van der Waals surface area contributed by atoms with Gasteiger partial charge in [-0.3, -0.25) is 9.82 Å². The van der Waals surface area contributed by atoms with Gasteiger partial charge in [0.2, 0.25) is 0 Å². The number of rotatable bonds is 5. The molecule has 1 atom stereocenters. The lowest BCUT2D eigenvalue weighted by atomic mass is 10.2. The van der Waals surface area contributed by atoms with Crippen LogP contribution >= 0.6 is 15.9 Å². The van der Waals surface area contributed by atoms with Crippen LogP contribution in [0.1, 0.15) is 18.6 Å². The van der Waals surface area contributed by atoms with E-state index < -0.39 is 0 Å². The van der Waals surface area contributed by atoms with Crippen molar-refractivity contribution in [2.24, 2.45) is 0 Å². The molecule has 0 aliphatic heterocycles. The molecule has 2 aromatic heterocycles. The highest BCUT2D eigenvalue weighted by molar-refractivity contribution is 9.10. The highest BCUT2D eigenvalue weighted by atomic mass is 79.9. The van der Waals surface area contributed by atoms with Gasteiger partial charge >= 0.3 is 0 Å². The first kappa shape index (κ1) is 13.8. The van der Waals surface area contributed by atoms with E-state index >= 15 is 0 Å². The van der Waals surface area contributed by atoms with Crippen molar-refractivity contribution < 1.29 is 9.57 Å². The van der Waals surface area contributed by atoms with Gasteiger partial charge in [-0.05, 0) is 35.0 Å². The Labute approximate surface area is 120 Å². The van der Waals surface area contributed by atoms with Crippen LogP contribution < -0.4 is 10.2 Å². The molecule has 5 nitrogen and oxygen atoms in total. The largest absolute Gasteiger partial charge is 0.482 e. The highest BCUT2D eigenvalue weighted by Crippen LogP contribution is 2.29. The first-order chi connectivity index (χ1) is 9.20. The second kappa shape index (κ2) is 6.49. The molecule has 2 heterocycles. The molecule has 0 aliphatic carbocycles. The van der Waals surface area contributed by atoms with Crippen molar-refractivity contribution >= 4 is 21.7 Å². The van der Waals surface area contributed by atoms with Crippen molar-refractivity contribution in [3.8, 4) is 5.75 Å². The van der Waals surface area contributed by atoms with Crippen LogP contribution in [0.3, 0.4) is 0 Å². The van der Waals surface area contributed by atoms with Crippen molar-refractivity contribution in [3.63, 3.8) is 0 Å². The van der Waals surface area contributed by atoms with E-state index in [9.17, 15) is 0 Å². The number of pyridine rings is 2. The maximum Gasteiger partial charge on any atom is 0.192 e. The Morgan fingerprint density at radius 1 is 1.37 bits per heavy atom. The number of ether oxygens (including phenoxy) is 1. The van der Waals surface area contributed by atoms with Gasteiger partial charge in [0.1, 0.15) is 6.10 Å². The number of hydrogen-bond acceptors (Lipinski definition) is 5. The third-order valence-electron chi connectivity index (χ3n) is 2.48. The van der Waals surface area contributed by atoms with Crippen molar-refractivity contribution in [2.75, 3.05) is 12.6 Å². The van der Waals surface area contributed by atoms with Gasteiger partial charge in [0.25, 0.3) is 0 Å². The topological polar surface area (TPSA) is 56.3 Å². The van der Waals surface area contributed by atoms with Crippen LogP contribution in [0.15, 0.2) is 41.3 Å². The summed E-state index contributed by atoms with van der Waals surface area (Å²) in [6.07, 6.45) is 5.04. The second-order valence-corrected chi connectivity index (χ2v) is 4.77. The number of nitrogens with zero attached hydrogens (tertiary/aromatic N) is 2. The van der Waals surface area contributed by atoms with Crippen molar-refractivity contribution in [2.45, 2.75) is 13.0 Å². The Bertz CT molecular complexity index is 537. The van der Waals surface area contributed by atoms with Gasteiger partial charge in [0.15, 0.2) is 11.6 Å². The van der Waals surface area contributed by atoms with Crippen LogP contribution in [-0.2, 0) is 4.84 Å². The molecule has 0 fully saturated rings. The Morgan fingerprint density at radius 3 is 2.89 bits per heavy atom. The molecule has 0 saturated carbocycles. The van der Waals surface area contributed by atoms with Crippen molar-refractivity contribution in [3.05, 3.63) is 46.8 Å². The normalized spacial score (nSPS) is 11.9. The minimum absolute atomic E-state index is 0.137. The van der Waals surface area contributed by atoms with Crippen molar-refractivity contribution in [1.82, 2.24) is 9.97 Å². The highest BCUT2D eigenvalue weighted by Gasteiger charge is 2.12. The predicted molar refractivity (Wildman–Crippen MR) is 75.8 cm³/mol. The van der Waals surface area contributed by atoms with Crippen LogP contribution in [-0.4, -0.2) is 17.1 Å². The fourth-order valence-electron chi connectivity index (χ4n) is 1.56. The van der Waals surface area contributed by atoms with E-state index in [4.69, 9.17) is 9.57 Å². The van der Waals surface area contributed by atoms with E-state index in [0.29, 0.717) is 11.6 Å². The molecule has 0 bridgehead atoms. The van der Waals surface area contributed by atoms with Gasteiger partial charge in [0.05, 0.1) is 7.11 Å². The molecule has 2 aromatic rings. The van der Waals surface area contributed by atoms with Crippen LogP contribution in [0.4, 0.5) is 5.82 Å². The number of anilines is 1. The quantitative estimate of drug-likeness (QED) is 0.855. The molecular weight excluding hydrogens is 310 g/mol. The van der Waals surface area contributed by atoms with E-state index in [0.717, 1.165) is 10.0 Å². The third kappa shape index (κ3) is 3.65. The zero-order valence-electron chi connectivity index (χ0n) is 10.6. The average molecular weight is 324 g/mol. The first-order valence-corrected chi connectivity index (χ1v) is 6.51. The molecule has 0 amide bonds. The zero-order valence-corrected chi connectivity index (χ0v) is 12.2. The third-order valence-corrected chi connectivity index (χ3v) is 2.91. The van der Waals surface area contributed by atoms with Gasteiger partial charge in [0, 0.05) is 28.6 Å². The lowest BCUT2D eigenvalue weighted by Crippen LogP contribution is -2.07. The minimum atomic E-state index is -0.137. The molecule has 0 saturated heterocycles. The monoisotopic (exact) mass is 323 g/mol. The van der Waals surface area contributed by atoms with Crippen LogP contribution in [0.25, 0.3) is 0 Å². The number of nitrogens with one attached hydrogen (secondary N) is 1. The summed E-state index contributed by atoms with van der Waals surface area (Å²) in [4.78, 5) is 13.1. The average Bonchev–Trinajstić information content (AvgIpc) is 2.43. The zero-order chi connectivity index (χ0) is 13.7. The second-order valence-electron chi connectivity index (χ2n) is 3.85. The smallest absolute Gasteiger partial charge is 0.192 e. The lowest BCUT2D eigenvalue weighted by Gasteiger charge is -2.17. The summed E-state index contributed by atoms with van der Waals surface area (Å²) in [5, 5.41) is 0. The molecule has 1 N–H and O–H groups in total. The van der Waals surface area contributed by atoms with E-state index in [1.54, 1.807) is 18.6 Å². The molecular formula is C13H14BrN3O2. The van der Waals surface area contributed by atoms with Crippen molar-refractivity contribution in [1.29, 1.82) is 0 Å². The van der Waals surface area contributed by atoms with E-state index in [-0.39, 0.29) is 6.10 Å². The van der Waals surface area contributed by atoms with Crippen LogP contribution in [0.2, 0.25) is 0 Å². The molecule has 6 heteroatoms. The molecule has 19 heavy (non-hydrogen) atoms. The summed E-state index contributed by atoms with van der Waals surface area (Å²) < 4.78 is 6.73. The van der Waals surface area contributed by atoms with E-state index in [1.807, 2.05) is 25.1 Å². The van der Waals surface area contributed by atoms with Crippen LogP contribution in [0, 0.1) is 0 Å². The number of hydrogen-bond donors (Lipinski definition) is 1. The minimum Gasteiger partial charge on any atom is -0.482 e. The maximum atomic E-state index is 5.89. The van der Waals surface area contributed by atoms with Gasteiger partial charge in [-0.15, -0.1) is 0 Å². The first-order valence-electron chi connectivity index (χ1n) is 5.72. The molecule has 100 valence electrons. The molecule has 0 spiro atoms. The fourth-order valence-corrected chi connectivity index (χ4v) is 1.87. The maximum absolute atomic E-state index is 5.89. The Morgan fingerprint density at radius 2 is 2.21 bits per heavy atom. The van der Waals surface area contributed by atoms with Crippen LogP contribution in [0.5, 0.6) is 5.75 Å². The standard InChI is InChI=1S/C13H14BrN3O2/c1-9(10-4-3-5-15-7-10)19-12-6-11(14)8-16-13(12)17-18-2/h3-9H,1-2H3,(H,16,17). The predicted octanol–water partition coefficient (Wildman–Crippen LogP) is 3.35. The summed E-state index contributed by atoms with van der Waals surface area (Å²) >= 11 is 3.37. The fraction of sp³-hybridized carbons (Fsp3) is 0.231. The lowest BCUT2D eigenvalue weighted by molar-refractivity contribution is 0.219. The number of aromatic nitrogens is 2. The SMILES string of the molecule is CONc1ncc(Br)cc1OC(C)c1cccnc1. The van der Waals surface area contributed by atoms with E-state index in [1.165, 1.54) is 7.11 Å². The summed E-state index contributed by atoms with van der Waals surface area (Å²) in [6.45, 7) is 1.95. The summed E-state index contributed by atoms with van der Waals surface area (Å²) in [6, 6.07) is 5.68. The number of halogens is 1. The molecule has 2 rings (SSSR count). The summed E-state index contributed by atoms with van der Waals surface area (Å²) in [5.74, 6) is 1.13. The molecule has 0 aliphatic rings. The van der Waals surface area contributed by atoms with Gasteiger partial charge in [-0.25, -0.2) is 10.5 Å². The Hall–Kier alpha value is -1.66.